The standard InChI is InChI=1S/C27H41N3O3/c1-3-5-11-20(4-2)27(33)30-18-16-22(17-19-30)26(32)29-24-15-10-9-14-23(24)28-25(31)21-12-7-6-8-13-21/h6-8,12-13,20,22-24H,3-5,9-11,14-19H2,1-2H3,(H,28,31)(H,29,32)/t20-,23-,24-/m1/s1. The number of nitrogens with zero attached hydrogens (tertiary/aromatic N) is 1. The molecule has 1 aromatic rings. The highest BCUT2D eigenvalue weighted by molar-refractivity contribution is 5.94. The molecule has 6 nitrogen and oxygen atoms in total. The number of rotatable bonds is 9. The molecule has 1 saturated heterocycles. The first-order chi connectivity index (χ1) is 16.0. The number of nitrogens with one attached hydrogen (secondary N) is 2. The van der Waals surface area contributed by atoms with Crippen LogP contribution in [0.25, 0.3) is 0 Å². The lowest BCUT2D eigenvalue weighted by molar-refractivity contribution is -0.139. The molecule has 0 bridgehead atoms. The van der Waals surface area contributed by atoms with Gasteiger partial charge in [0.1, 0.15) is 0 Å². The summed E-state index contributed by atoms with van der Waals surface area (Å²) >= 11 is 0. The van der Waals surface area contributed by atoms with Gasteiger partial charge in [0.15, 0.2) is 0 Å². The lowest BCUT2D eigenvalue weighted by Gasteiger charge is -2.36. The Morgan fingerprint density at radius 3 is 2.18 bits per heavy atom. The van der Waals surface area contributed by atoms with Gasteiger partial charge < -0.3 is 15.5 Å². The third kappa shape index (κ3) is 7.05. The minimum Gasteiger partial charge on any atom is -0.351 e. The zero-order valence-corrected chi connectivity index (χ0v) is 20.4. The number of amides is 3. The highest BCUT2D eigenvalue weighted by Gasteiger charge is 2.33. The summed E-state index contributed by atoms with van der Waals surface area (Å²) in [6.07, 6.45) is 9.37. The first-order valence-electron chi connectivity index (χ1n) is 13.0. The molecule has 1 aliphatic heterocycles. The van der Waals surface area contributed by atoms with Crippen molar-refractivity contribution < 1.29 is 14.4 Å². The Hall–Kier alpha value is -2.37. The second-order valence-corrected chi connectivity index (χ2v) is 9.69. The number of benzene rings is 1. The first kappa shape index (κ1) is 25.3. The Bertz CT molecular complexity index is 774. The Morgan fingerprint density at radius 2 is 1.58 bits per heavy atom. The van der Waals surface area contributed by atoms with E-state index in [1.165, 1.54) is 0 Å². The maximum Gasteiger partial charge on any atom is 0.251 e. The summed E-state index contributed by atoms with van der Waals surface area (Å²) in [4.78, 5) is 40.5. The fraction of sp³-hybridized carbons (Fsp3) is 0.667. The van der Waals surface area contributed by atoms with Crippen molar-refractivity contribution in [3.8, 4) is 0 Å². The van der Waals surface area contributed by atoms with Crippen molar-refractivity contribution in [1.29, 1.82) is 0 Å². The van der Waals surface area contributed by atoms with Gasteiger partial charge in [-0.1, -0.05) is 57.7 Å². The number of piperidine rings is 1. The molecular weight excluding hydrogens is 414 g/mol. The zero-order chi connectivity index (χ0) is 23.6. The van der Waals surface area contributed by atoms with Crippen LogP contribution in [-0.4, -0.2) is 47.8 Å². The number of hydrogen-bond donors (Lipinski definition) is 2. The highest BCUT2D eigenvalue weighted by Crippen LogP contribution is 2.24. The van der Waals surface area contributed by atoms with Crippen LogP contribution in [0.5, 0.6) is 0 Å². The largest absolute Gasteiger partial charge is 0.351 e. The molecule has 182 valence electrons. The number of hydrogen-bond acceptors (Lipinski definition) is 3. The Morgan fingerprint density at radius 1 is 0.939 bits per heavy atom. The molecule has 2 aliphatic rings. The second-order valence-electron chi connectivity index (χ2n) is 9.69. The van der Waals surface area contributed by atoms with Crippen LogP contribution in [0, 0.1) is 11.8 Å². The van der Waals surface area contributed by atoms with E-state index in [-0.39, 0.29) is 41.6 Å². The van der Waals surface area contributed by atoms with E-state index in [1.807, 2.05) is 35.2 Å². The van der Waals surface area contributed by atoms with Gasteiger partial charge in [-0.25, -0.2) is 0 Å². The first-order valence-corrected chi connectivity index (χ1v) is 13.0. The van der Waals surface area contributed by atoms with E-state index in [0.717, 1.165) is 64.2 Å². The van der Waals surface area contributed by atoms with Gasteiger partial charge >= 0.3 is 0 Å². The quantitative estimate of drug-likeness (QED) is 0.583. The number of likely N-dealkylation sites (tertiary alicyclic amines) is 1. The Kier molecular flexibility index (Phi) is 9.76. The third-order valence-electron chi connectivity index (χ3n) is 7.37. The van der Waals surface area contributed by atoms with Crippen LogP contribution in [0.3, 0.4) is 0 Å². The maximum absolute atomic E-state index is 13.0. The van der Waals surface area contributed by atoms with Gasteiger partial charge in [-0.3, -0.25) is 14.4 Å². The fourth-order valence-electron chi connectivity index (χ4n) is 5.19. The smallest absolute Gasteiger partial charge is 0.251 e. The van der Waals surface area contributed by atoms with Crippen molar-refractivity contribution in [3.63, 3.8) is 0 Å². The van der Waals surface area contributed by atoms with Gasteiger partial charge in [0, 0.05) is 42.6 Å². The van der Waals surface area contributed by atoms with Crippen molar-refractivity contribution in [1.82, 2.24) is 15.5 Å². The van der Waals surface area contributed by atoms with Gasteiger partial charge in [-0.15, -0.1) is 0 Å². The van der Waals surface area contributed by atoms with Crippen LogP contribution in [0.15, 0.2) is 30.3 Å². The maximum atomic E-state index is 13.0. The normalized spacial score (nSPS) is 22.4. The van der Waals surface area contributed by atoms with Crippen molar-refractivity contribution in [2.45, 2.75) is 90.1 Å². The molecule has 33 heavy (non-hydrogen) atoms. The van der Waals surface area contributed by atoms with Gasteiger partial charge in [0.25, 0.3) is 5.91 Å². The van der Waals surface area contributed by atoms with E-state index in [4.69, 9.17) is 0 Å². The SMILES string of the molecule is CCCC[C@@H](CC)C(=O)N1CCC(C(=O)N[C@@H]2CCCC[C@H]2NC(=O)c2ccccc2)CC1. The molecule has 1 aliphatic carbocycles. The Labute approximate surface area is 198 Å². The predicted octanol–water partition coefficient (Wildman–Crippen LogP) is 4.30. The van der Waals surface area contributed by atoms with Crippen LogP contribution in [0.1, 0.15) is 88.4 Å². The van der Waals surface area contributed by atoms with Gasteiger partial charge in [-0.05, 0) is 50.7 Å². The van der Waals surface area contributed by atoms with Crippen LogP contribution >= 0.6 is 0 Å². The van der Waals surface area contributed by atoms with Crippen LogP contribution < -0.4 is 10.6 Å². The average Bonchev–Trinajstić information content (AvgIpc) is 2.86. The summed E-state index contributed by atoms with van der Waals surface area (Å²) in [6.45, 7) is 5.58. The molecule has 2 fully saturated rings. The van der Waals surface area contributed by atoms with E-state index < -0.39 is 0 Å². The van der Waals surface area contributed by atoms with Crippen molar-refractivity contribution in [2.24, 2.45) is 11.8 Å². The summed E-state index contributed by atoms with van der Waals surface area (Å²) in [5, 5.41) is 6.39. The lowest BCUT2D eigenvalue weighted by atomic mass is 9.88. The van der Waals surface area contributed by atoms with Gasteiger partial charge in [-0.2, -0.15) is 0 Å². The number of carbonyl (C=O) groups excluding carboxylic acids is 3. The van der Waals surface area contributed by atoms with E-state index >= 15 is 0 Å². The van der Waals surface area contributed by atoms with E-state index in [1.54, 1.807) is 0 Å². The third-order valence-corrected chi connectivity index (χ3v) is 7.37. The summed E-state index contributed by atoms with van der Waals surface area (Å²) in [5.74, 6) is 0.317. The predicted molar refractivity (Wildman–Crippen MR) is 131 cm³/mol. The van der Waals surface area contributed by atoms with Crippen molar-refractivity contribution >= 4 is 17.7 Å². The van der Waals surface area contributed by atoms with Crippen molar-refractivity contribution in [2.75, 3.05) is 13.1 Å². The number of unbranched alkanes of at least 4 members (excludes halogenated alkanes) is 1. The monoisotopic (exact) mass is 455 g/mol. The minimum absolute atomic E-state index is 0.0305. The molecular formula is C27H41N3O3. The summed E-state index contributed by atoms with van der Waals surface area (Å²) in [6, 6.07) is 9.17. The van der Waals surface area contributed by atoms with Crippen molar-refractivity contribution in [3.05, 3.63) is 35.9 Å². The lowest BCUT2D eigenvalue weighted by Crippen LogP contribution is -2.55. The van der Waals surface area contributed by atoms with Crippen LogP contribution in [0.2, 0.25) is 0 Å². The number of carbonyl (C=O) groups is 3. The summed E-state index contributed by atoms with van der Waals surface area (Å²) in [7, 11) is 0. The average molecular weight is 456 g/mol. The summed E-state index contributed by atoms with van der Waals surface area (Å²) < 4.78 is 0. The molecule has 3 amide bonds. The zero-order valence-electron chi connectivity index (χ0n) is 20.4. The van der Waals surface area contributed by atoms with Gasteiger partial charge in [0.05, 0.1) is 0 Å². The van der Waals surface area contributed by atoms with E-state index in [2.05, 4.69) is 24.5 Å². The molecule has 0 radical (unpaired) electrons. The van der Waals surface area contributed by atoms with Crippen LogP contribution in [0.4, 0.5) is 0 Å². The molecule has 1 aromatic carbocycles. The van der Waals surface area contributed by atoms with Gasteiger partial charge in [0.2, 0.25) is 11.8 Å². The molecule has 0 unspecified atom stereocenters. The second kappa shape index (κ2) is 12.8. The molecule has 0 aromatic heterocycles. The van der Waals surface area contributed by atoms with E-state index in [9.17, 15) is 14.4 Å². The molecule has 3 atom stereocenters. The molecule has 6 heteroatoms. The molecule has 1 saturated carbocycles. The fourth-order valence-corrected chi connectivity index (χ4v) is 5.19. The molecule has 0 spiro atoms. The summed E-state index contributed by atoms with van der Waals surface area (Å²) in [5.41, 5.74) is 0.648. The topological polar surface area (TPSA) is 78.5 Å². The molecule has 2 N–H and O–H groups in total. The minimum atomic E-state index is -0.0814. The van der Waals surface area contributed by atoms with E-state index in [0.29, 0.717) is 18.7 Å². The highest BCUT2D eigenvalue weighted by atomic mass is 16.2. The molecule has 1 heterocycles. The Balaban J connectivity index is 1.50. The van der Waals surface area contributed by atoms with Crippen LogP contribution in [-0.2, 0) is 9.59 Å². The molecule has 3 rings (SSSR count).